The normalized spacial score (nSPS) is 15.9. The van der Waals surface area contributed by atoms with Crippen LogP contribution in [0.4, 0.5) is 0 Å². The van der Waals surface area contributed by atoms with E-state index in [0.717, 1.165) is 0 Å². The molecule has 0 radical (unpaired) electrons. The summed E-state index contributed by atoms with van der Waals surface area (Å²) in [5, 5.41) is 5.57. The molecule has 0 saturated heterocycles. The zero-order valence-corrected chi connectivity index (χ0v) is 8.93. The fourth-order valence-electron chi connectivity index (χ4n) is 1.52. The molecule has 0 N–H and O–H groups in total. The van der Waals surface area contributed by atoms with E-state index in [9.17, 15) is 9.59 Å². The van der Waals surface area contributed by atoms with Gasteiger partial charge in [0.2, 0.25) is 5.90 Å². The number of carbonyl (C=O) groups is 2. The lowest BCUT2D eigenvalue weighted by molar-refractivity contribution is 0.0731. The fourth-order valence-corrected chi connectivity index (χ4v) is 1.52. The Morgan fingerprint density at radius 3 is 2.75 bits per heavy atom. The van der Waals surface area contributed by atoms with Crippen LogP contribution in [0.25, 0.3) is 0 Å². The number of cyclic esters (lactones) is 1. The highest BCUT2D eigenvalue weighted by Gasteiger charge is 2.30. The summed E-state index contributed by atoms with van der Waals surface area (Å²) >= 11 is 0. The van der Waals surface area contributed by atoms with Crippen LogP contribution in [0.3, 0.4) is 0 Å². The summed E-state index contributed by atoms with van der Waals surface area (Å²) in [6, 6.07) is 4.97. The molecule has 0 amide bonds. The molecule has 1 aromatic carbocycles. The van der Waals surface area contributed by atoms with Gasteiger partial charge < -0.3 is 4.74 Å². The topological polar surface area (TPSA) is 59.0 Å². The van der Waals surface area contributed by atoms with Crippen LogP contribution in [-0.2, 0) is 4.74 Å². The van der Waals surface area contributed by atoms with Crippen LogP contribution in [-0.4, -0.2) is 37.3 Å². The maximum Gasteiger partial charge on any atom is 0.346 e. The Morgan fingerprint density at radius 1 is 1.38 bits per heavy atom. The number of ether oxygens (including phenoxy) is 1. The lowest BCUT2D eigenvalue weighted by Crippen LogP contribution is -2.09. The van der Waals surface area contributed by atoms with Gasteiger partial charge in [-0.1, -0.05) is 12.1 Å². The highest BCUT2D eigenvalue weighted by atomic mass is 16.5. The minimum Gasteiger partial charge on any atom is -0.402 e. The molecule has 16 heavy (non-hydrogen) atoms. The van der Waals surface area contributed by atoms with Crippen molar-refractivity contribution < 1.29 is 14.3 Å². The zero-order valence-electron chi connectivity index (χ0n) is 8.93. The van der Waals surface area contributed by atoms with Gasteiger partial charge in [-0.2, -0.15) is 0 Å². The molecule has 0 atom stereocenters. The highest BCUT2D eigenvalue weighted by molar-refractivity contribution is 6.19. The molecule has 82 valence electrons. The molecule has 0 spiro atoms. The van der Waals surface area contributed by atoms with Gasteiger partial charge in [-0.15, -0.1) is 5.10 Å². The van der Waals surface area contributed by atoms with Crippen LogP contribution >= 0.6 is 0 Å². The van der Waals surface area contributed by atoms with Gasteiger partial charge in [-0.05, 0) is 6.07 Å². The van der Waals surface area contributed by atoms with Gasteiger partial charge in [0.1, 0.15) is 0 Å². The van der Waals surface area contributed by atoms with Crippen LogP contribution in [0.15, 0.2) is 23.3 Å². The Balaban J connectivity index is 2.60. The third kappa shape index (κ3) is 1.56. The second-order valence-corrected chi connectivity index (χ2v) is 3.53. The molecule has 0 fully saturated rings. The van der Waals surface area contributed by atoms with Crippen LogP contribution < -0.4 is 0 Å². The van der Waals surface area contributed by atoms with Gasteiger partial charge in [-0.3, -0.25) is 9.80 Å². The minimum atomic E-state index is -0.529. The van der Waals surface area contributed by atoms with Gasteiger partial charge in [0.15, 0.2) is 6.29 Å². The van der Waals surface area contributed by atoms with E-state index in [-0.39, 0.29) is 11.5 Å². The number of fused-ring (bicyclic) bond motifs is 1. The van der Waals surface area contributed by atoms with E-state index in [4.69, 9.17) is 4.74 Å². The first-order valence-electron chi connectivity index (χ1n) is 4.70. The number of esters is 1. The molecule has 1 heterocycles. The molecule has 0 saturated carbocycles. The maximum absolute atomic E-state index is 11.6. The summed E-state index contributed by atoms with van der Waals surface area (Å²) in [6.07, 6.45) is 0.638. The molecule has 5 nitrogen and oxygen atoms in total. The average molecular weight is 218 g/mol. The predicted octanol–water partition coefficient (Wildman–Crippen LogP) is 0.893. The summed E-state index contributed by atoms with van der Waals surface area (Å²) < 4.78 is 5.00. The smallest absolute Gasteiger partial charge is 0.346 e. The monoisotopic (exact) mass is 218 g/mol. The van der Waals surface area contributed by atoms with Crippen LogP contribution in [0.5, 0.6) is 0 Å². The first-order valence-corrected chi connectivity index (χ1v) is 4.70. The Kier molecular flexibility index (Phi) is 2.44. The Bertz CT molecular complexity index is 492. The van der Waals surface area contributed by atoms with E-state index in [1.165, 1.54) is 5.01 Å². The Labute approximate surface area is 92.3 Å². The Morgan fingerprint density at radius 2 is 2.12 bits per heavy atom. The second kappa shape index (κ2) is 3.77. The second-order valence-electron chi connectivity index (χ2n) is 3.53. The van der Waals surface area contributed by atoms with E-state index < -0.39 is 5.97 Å². The number of aldehydes is 1. The first-order chi connectivity index (χ1) is 7.63. The number of hydrazone groups is 1. The van der Waals surface area contributed by atoms with E-state index in [1.807, 2.05) is 0 Å². The van der Waals surface area contributed by atoms with Crippen molar-refractivity contribution in [3.8, 4) is 0 Å². The average Bonchev–Trinajstić information content (AvgIpc) is 2.55. The number of carbonyl (C=O) groups excluding carboxylic acids is 2. The van der Waals surface area contributed by atoms with Gasteiger partial charge in [-0.25, -0.2) is 4.79 Å². The number of hydrogen-bond donors (Lipinski definition) is 0. The van der Waals surface area contributed by atoms with E-state index in [2.05, 4.69) is 5.10 Å². The summed E-state index contributed by atoms with van der Waals surface area (Å²) in [5.74, 6) is -0.299. The van der Waals surface area contributed by atoms with Crippen molar-refractivity contribution in [3.05, 3.63) is 34.9 Å². The molecule has 1 aromatic rings. The quantitative estimate of drug-likeness (QED) is 0.420. The van der Waals surface area contributed by atoms with Gasteiger partial charge in [0, 0.05) is 19.7 Å². The van der Waals surface area contributed by atoms with E-state index in [0.29, 0.717) is 17.4 Å². The van der Waals surface area contributed by atoms with Gasteiger partial charge in [0.25, 0.3) is 0 Å². The first kappa shape index (κ1) is 10.4. The van der Waals surface area contributed by atoms with Gasteiger partial charge >= 0.3 is 5.97 Å². The third-order valence-electron chi connectivity index (χ3n) is 2.14. The standard InChI is InChI=1S/C11H10N2O3/c1-13(2)12-10-8-5-3-4-7(6-14)9(8)11(15)16-10/h3-6H,1-2H3. The molecule has 1 aliphatic rings. The van der Waals surface area contributed by atoms with Crippen molar-refractivity contribution in [2.75, 3.05) is 14.1 Å². The molecule has 0 bridgehead atoms. The molecule has 0 aliphatic carbocycles. The Hall–Kier alpha value is -2.17. The molecule has 0 aromatic heterocycles. The number of rotatable bonds is 2. The summed E-state index contributed by atoms with van der Waals surface area (Å²) in [5.41, 5.74) is 1.17. The third-order valence-corrected chi connectivity index (χ3v) is 2.14. The number of nitrogens with zero attached hydrogens (tertiary/aromatic N) is 2. The predicted molar refractivity (Wildman–Crippen MR) is 57.5 cm³/mol. The molecular weight excluding hydrogens is 208 g/mol. The molecule has 1 aliphatic heterocycles. The van der Waals surface area contributed by atoms with Crippen molar-refractivity contribution in [3.63, 3.8) is 0 Å². The highest BCUT2D eigenvalue weighted by Crippen LogP contribution is 2.23. The number of benzene rings is 1. The fraction of sp³-hybridized carbons (Fsp3) is 0.182. The molecule has 5 heteroatoms. The minimum absolute atomic E-state index is 0.230. The van der Waals surface area contributed by atoms with Crippen molar-refractivity contribution in [1.82, 2.24) is 5.01 Å². The molecule has 0 unspecified atom stereocenters. The maximum atomic E-state index is 11.6. The largest absolute Gasteiger partial charge is 0.402 e. The summed E-state index contributed by atoms with van der Waals surface area (Å²) in [7, 11) is 3.45. The molecule has 2 rings (SSSR count). The lowest BCUT2D eigenvalue weighted by Gasteiger charge is -2.04. The molecular formula is C11H10N2O3. The summed E-state index contributed by atoms with van der Waals surface area (Å²) in [6.45, 7) is 0. The SMILES string of the molecule is CN(C)N=C1OC(=O)c2c(C=O)cccc21. The van der Waals surface area contributed by atoms with Crippen LogP contribution in [0, 0.1) is 0 Å². The number of hydrogen-bond acceptors (Lipinski definition) is 5. The van der Waals surface area contributed by atoms with Crippen LogP contribution in [0.2, 0.25) is 0 Å². The van der Waals surface area contributed by atoms with E-state index >= 15 is 0 Å². The van der Waals surface area contributed by atoms with E-state index in [1.54, 1.807) is 32.3 Å². The van der Waals surface area contributed by atoms with Crippen LogP contribution in [0.1, 0.15) is 26.3 Å². The van der Waals surface area contributed by atoms with Crippen molar-refractivity contribution in [2.24, 2.45) is 5.10 Å². The van der Waals surface area contributed by atoms with Gasteiger partial charge in [0.05, 0.1) is 11.1 Å². The van der Waals surface area contributed by atoms with Crippen molar-refractivity contribution >= 4 is 18.2 Å². The zero-order chi connectivity index (χ0) is 11.7. The summed E-state index contributed by atoms with van der Waals surface area (Å²) in [4.78, 5) is 22.3. The van der Waals surface area contributed by atoms with Crippen molar-refractivity contribution in [2.45, 2.75) is 0 Å². The van der Waals surface area contributed by atoms with Crippen molar-refractivity contribution in [1.29, 1.82) is 0 Å². The lowest BCUT2D eigenvalue weighted by atomic mass is 10.0.